The molecule has 26 heavy (non-hydrogen) atoms. The van der Waals surface area contributed by atoms with Crippen molar-refractivity contribution in [2.45, 2.75) is 13.5 Å². The Morgan fingerprint density at radius 2 is 1.77 bits per heavy atom. The van der Waals surface area contributed by atoms with Gasteiger partial charge in [-0.25, -0.2) is 0 Å². The number of hydrogen-bond acceptors (Lipinski definition) is 2. The Hall–Kier alpha value is -3.58. The van der Waals surface area contributed by atoms with E-state index in [0.717, 1.165) is 22.5 Å². The zero-order valence-corrected chi connectivity index (χ0v) is 14.5. The first-order chi connectivity index (χ1) is 12.7. The summed E-state index contributed by atoms with van der Waals surface area (Å²) in [5.74, 6) is -0.374. The Morgan fingerprint density at radius 1 is 1.12 bits per heavy atom. The first kappa shape index (κ1) is 17.2. The number of carbonyl (C=O) groups is 1. The van der Waals surface area contributed by atoms with E-state index in [-0.39, 0.29) is 11.5 Å². The van der Waals surface area contributed by atoms with Crippen LogP contribution in [0.25, 0.3) is 11.8 Å². The topological polar surface area (TPSA) is 57.8 Å². The number of para-hydroxylation sites is 1. The maximum atomic E-state index is 12.3. The predicted octanol–water partition coefficient (Wildman–Crippen LogP) is 4.01. The molecule has 128 valence electrons. The number of nitrogens with zero attached hydrogens (tertiary/aromatic N) is 2. The molecule has 1 aromatic heterocycles. The fraction of sp³-hybridized carbons (Fsp3) is 0.0909. The minimum atomic E-state index is -0.374. The minimum absolute atomic E-state index is 0.0890. The summed E-state index contributed by atoms with van der Waals surface area (Å²) in [5, 5.41) is 12.1. The smallest absolute Gasteiger partial charge is 0.262 e. The summed E-state index contributed by atoms with van der Waals surface area (Å²) < 4.78 is 2.03. The number of hydrogen-bond donors (Lipinski definition) is 1. The molecule has 0 aliphatic heterocycles. The second-order valence-corrected chi connectivity index (χ2v) is 5.96. The molecule has 0 fully saturated rings. The lowest BCUT2D eigenvalue weighted by Crippen LogP contribution is -2.23. The number of nitriles is 1. The Balaban J connectivity index is 1.77. The maximum Gasteiger partial charge on any atom is 0.262 e. The Bertz CT molecular complexity index is 964. The van der Waals surface area contributed by atoms with Gasteiger partial charge in [-0.3, -0.25) is 4.79 Å². The number of aromatic nitrogens is 1. The van der Waals surface area contributed by atoms with E-state index in [1.54, 1.807) is 6.08 Å². The van der Waals surface area contributed by atoms with Gasteiger partial charge in [-0.2, -0.15) is 5.26 Å². The van der Waals surface area contributed by atoms with Gasteiger partial charge < -0.3 is 9.88 Å². The highest BCUT2D eigenvalue weighted by atomic mass is 16.1. The second kappa shape index (κ2) is 8.00. The lowest BCUT2D eigenvalue weighted by molar-refractivity contribution is -0.117. The van der Waals surface area contributed by atoms with Crippen LogP contribution in [-0.2, 0) is 11.3 Å². The van der Waals surface area contributed by atoms with E-state index >= 15 is 0 Å². The highest BCUT2D eigenvalue weighted by Gasteiger charge is 2.10. The molecule has 0 aliphatic carbocycles. The number of carbonyl (C=O) groups excluding carboxylic acids is 1. The molecule has 0 atom stereocenters. The van der Waals surface area contributed by atoms with Crippen molar-refractivity contribution in [3.8, 4) is 11.8 Å². The van der Waals surface area contributed by atoms with E-state index in [1.807, 2.05) is 90.5 Å². The van der Waals surface area contributed by atoms with Crippen molar-refractivity contribution in [1.82, 2.24) is 9.88 Å². The van der Waals surface area contributed by atoms with Crippen LogP contribution < -0.4 is 5.32 Å². The van der Waals surface area contributed by atoms with E-state index in [4.69, 9.17) is 0 Å². The first-order valence-corrected chi connectivity index (χ1v) is 8.35. The molecule has 2 aromatic carbocycles. The number of amides is 1. The van der Waals surface area contributed by atoms with Crippen LogP contribution >= 0.6 is 0 Å². The summed E-state index contributed by atoms with van der Waals surface area (Å²) in [6, 6.07) is 23.5. The first-order valence-electron chi connectivity index (χ1n) is 8.35. The molecular weight excluding hydrogens is 322 g/mol. The van der Waals surface area contributed by atoms with Crippen molar-refractivity contribution in [2.24, 2.45) is 0 Å². The highest BCUT2D eigenvalue weighted by molar-refractivity contribution is 6.01. The van der Waals surface area contributed by atoms with Gasteiger partial charge in [-0.1, -0.05) is 48.5 Å². The zero-order chi connectivity index (χ0) is 18.4. The van der Waals surface area contributed by atoms with Crippen LogP contribution in [0.4, 0.5) is 0 Å². The quantitative estimate of drug-likeness (QED) is 0.563. The molecule has 4 heteroatoms. The van der Waals surface area contributed by atoms with Gasteiger partial charge in [0, 0.05) is 24.1 Å². The molecule has 3 rings (SSSR count). The normalized spacial score (nSPS) is 11.0. The van der Waals surface area contributed by atoms with Crippen molar-refractivity contribution in [3.63, 3.8) is 0 Å². The van der Waals surface area contributed by atoms with Gasteiger partial charge in [0.2, 0.25) is 0 Å². The summed E-state index contributed by atoms with van der Waals surface area (Å²) in [6.07, 6.45) is 3.54. The van der Waals surface area contributed by atoms with E-state index in [9.17, 15) is 10.1 Å². The molecular formula is C22H19N3O. The average molecular weight is 341 g/mol. The van der Waals surface area contributed by atoms with Crippen LogP contribution in [0.15, 0.2) is 78.5 Å². The molecule has 3 aromatic rings. The van der Waals surface area contributed by atoms with Crippen LogP contribution in [0.2, 0.25) is 0 Å². The van der Waals surface area contributed by atoms with Crippen molar-refractivity contribution >= 4 is 12.0 Å². The Morgan fingerprint density at radius 3 is 2.42 bits per heavy atom. The van der Waals surface area contributed by atoms with Gasteiger partial charge >= 0.3 is 0 Å². The van der Waals surface area contributed by atoms with Gasteiger partial charge in [-0.05, 0) is 42.3 Å². The molecule has 1 amide bonds. The van der Waals surface area contributed by atoms with Gasteiger partial charge in [0.15, 0.2) is 0 Å². The van der Waals surface area contributed by atoms with Crippen LogP contribution in [0.3, 0.4) is 0 Å². The number of nitrogens with one attached hydrogen (secondary N) is 1. The molecule has 0 aliphatic rings. The largest absolute Gasteiger partial charge is 0.347 e. The molecule has 0 spiro atoms. The standard InChI is InChI=1S/C22H19N3O/c1-17-12-19(16-25(17)21-10-6-3-7-11-21)13-20(14-23)22(26)24-15-18-8-4-2-5-9-18/h2-13,16H,15H2,1H3,(H,24,26)/b20-13+. The van der Waals surface area contributed by atoms with Crippen molar-refractivity contribution < 1.29 is 4.79 Å². The molecule has 0 bridgehead atoms. The second-order valence-electron chi connectivity index (χ2n) is 5.96. The number of benzene rings is 2. The van der Waals surface area contributed by atoms with Gasteiger partial charge in [0.25, 0.3) is 5.91 Å². The summed E-state index contributed by atoms with van der Waals surface area (Å²) in [5.41, 5.74) is 3.97. The fourth-order valence-corrected chi connectivity index (χ4v) is 2.73. The number of aryl methyl sites for hydroxylation is 1. The third-order valence-corrected chi connectivity index (χ3v) is 4.04. The van der Waals surface area contributed by atoms with Crippen molar-refractivity contribution in [1.29, 1.82) is 5.26 Å². The van der Waals surface area contributed by atoms with Gasteiger partial charge in [-0.15, -0.1) is 0 Å². The molecule has 0 unspecified atom stereocenters. The van der Waals surface area contributed by atoms with Crippen LogP contribution in [-0.4, -0.2) is 10.5 Å². The summed E-state index contributed by atoms with van der Waals surface area (Å²) in [4.78, 5) is 12.3. The summed E-state index contributed by atoms with van der Waals surface area (Å²) in [6.45, 7) is 2.38. The van der Waals surface area contributed by atoms with E-state index in [0.29, 0.717) is 6.54 Å². The number of rotatable bonds is 5. The highest BCUT2D eigenvalue weighted by Crippen LogP contribution is 2.17. The predicted molar refractivity (Wildman–Crippen MR) is 102 cm³/mol. The summed E-state index contributed by atoms with van der Waals surface area (Å²) >= 11 is 0. The molecule has 0 radical (unpaired) electrons. The third-order valence-electron chi connectivity index (χ3n) is 4.04. The van der Waals surface area contributed by atoms with Crippen LogP contribution in [0.5, 0.6) is 0 Å². The lowest BCUT2D eigenvalue weighted by Gasteiger charge is -2.05. The van der Waals surface area contributed by atoms with Crippen LogP contribution in [0.1, 0.15) is 16.8 Å². The Labute approximate surface area is 153 Å². The lowest BCUT2D eigenvalue weighted by atomic mass is 10.1. The van der Waals surface area contributed by atoms with Crippen molar-refractivity contribution in [2.75, 3.05) is 0 Å². The Kier molecular flexibility index (Phi) is 5.31. The molecule has 1 heterocycles. The molecule has 0 saturated heterocycles. The fourth-order valence-electron chi connectivity index (χ4n) is 2.73. The average Bonchev–Trinajstić information content (AvgIpc) is 3.06. The van der Waals surface area contributed by atoms with E-state index in [2.05, 4.69) is 5.32 Å². The maximum absolute atomic E-state index is 12.3. The third kappa shape index (κ3) is 4.08. The summed E-state index contributed by atoms with van der Waals surface area (Å²) in [7, 11) is 0. The monoisotopic (exact) mass is 341 g/mol. The SMILES string of the molecule is Cc1cc(/C=C(\C#N)C(=O)NCc2ccccc2)cn1-c1ccccc1. The molecule has 0 saturated carbocycles. The van der Waals surface area contributed by atoms with E-state index in [1.165, 1.54) is 0 Å². The zero-order valence-electron chi connectivity index (χ0n) is 14.5. The van der Waals surface area contributed by atoms with Crippen LogP contribution in [0, 0.1) is 18.3 Å². The van der Waals surface area contributed by atoms with Gasteiger partial charge in [0.1, 0.15) is 11.6 Å². The molecule has 1 N–H and O–H groups in total. The van der Waals surface area contributed by atoms with Crippen molar-refractivity contribution in [3.05, 3.63) is 95.3 Å². The van der Waals surface area contributed by atoms with Gasteiger partial charge in [0.05, 0.1) is 0 Å². The molecule has 4 nitrogen and oxygen atoms in total. The minimum Gasteiger partial charge on any atom is -0.347 e. The van der Waals surface area contributed by atoms with E-state index < -0.39 is 0 Å².